The standard InChI is InChI=1S/C23H26N6O3/c1-16(2)23-26-21(27-32-23)18-8-9-19(24-14-18)28-10-12-29(13-11-28)20(30)15-25-22(31)17-6-4-3-5-7-17/h3-9,14,16H,10-13,15H2,1-2H3,(H,25,31). The van der Waals surface area contributed by atoms with Crippen molar-refractivity contribution in [2.45, 2.75) is 19.8 Å². The fourth-order valence-corrected chi connectivity index (χ4v) is 3.44. The molecular weight excluding hydrogens is 408 g/mol. The molecule has 0 bridgehead atoms. The Morgan fingerprint density at radius 1 is 1.06 bits per heavy atom. The quantitative estimate of drug-likeness (QED) is 0.635. The first-order valence-corrected chi connectivity index (χ1v) is 10.7. The number of aromatic nitrogens is 3. The van der Waals surface area contributed by atoms with Gasteiger partial charge in [-0.1, -0.05) is 37.2 Å². The van der Waals surface area contributed by atoms with Crippen molar-refractivity contribution in [1.82, 2.24) is 25.3 Å². The zero-order chi connectivity index (χ0) is 22.5. The number of rotatable bonds is 6. The molecule has 3 aromatic rings. The van der Waals surface area contributed by atoms with Crippen LogP contribution in [0.3, 0.4) is 0 Å². The van der Waals surface area contributed by atoms with Crippen LogP contribution in [-0.4, -0.2) is 64.6 Å². The normalized spacial score (nSPS) is 14.0. The number of piperazine rings is 1. The minimum atomic E-state index is -0.246. The Balaban J connectivity index is 1.27. The number of nitrogens with zero attached hydrogens (tertiary/aromatic N) is 5. The second kappa shape index (κ2) is 9.59. The summed E-state index contributed by atoms with van der Waals surface area (Å²) < 4.78 is 5.26. The number of nitrogens with one attached hydrogen (secondary N) is 1. The first-order valence-electron chi connectivity index (χ1n) is 10.7. The van der Waals surface area contributed by atoms with Crippen molar-refractivity contribution in [2.24, 2.45) is 0 Å². The molecule has 1 aliphatic rings. The van der Waals surface area contributed by atoms with E-state index in [-0.39, 0.29) is 24.3 Å². The van der Waals surface area contributed by atoms with E-state index in [1.807, 2.05) is 32.0 Å². The van der Waals surface area contributed by atoms with Crippen molar-refractivity contribution in [3.05, 3.63) is 60.1 Å². The van der Waals surface area contributed by atoms with E-state index in [4.69, 9.17) is 4.52 Å². The highest BCUT2D eigenvalue weighted by Crippen LogP contribution is 2.21. The summed E-state index contributed by atoms with van der Waals surface area (Å²) in [6, 6.07) is 12.7. The summed E-state index contributed by atoms with van der Waals surface area (Å²) in [6.07, 6.45) is 1.74. The molecule has 9 heteroatoms. The highest BCUT2D eigenvalue weighted by atomic mass is 16.5. The van der Waals surface area contributed by atoms with Crippen LogP contribution in [0.2, 0.25) is 0 Å². The van der Waals surface area contributed by atoms with Gasteiger partial charge in [-0.05, 0) is 24.3 Å². The number of anilines is 1. The van der Waals surface area contributed by atoms with Gasteiger partial charge in [0.15, 0.2) is 0 Å². The molecule has 1 fully saturated rings. The summed E-state index contributed by atoms with van der Waals surface area (Å²) in [5, 5.41) is 6.71. The van der Waals surface area contributed by atoms with Gasteiger partial charge in [-0.25, -0.2) is 4.98 Å². The maximum Gasteiger partial charge on any atom is 0.251 e. The fraction of sp³-hybridized carbons (Fsp3) is 0.348. The van der Waals surface area contributed by atoms with Gasteiger partial charge < -0.3 is 19.6 Å². The summed E-state index contributed by atoms with van der Waals surface area (Å²) in [5.41, 5.74) is 1.34. The summed E-state index contributed by atoms with van der Waals surface area (Å²) >= 11 is 0. The predicted molar refractivity (Wildman–Crippen MR) is 119 cm³/mol. The zero-order valence-corrected chi connectivity index (χ0v) is 18.2. The molecule has 166 valence electrons. The number of hydrogen-bond acceptors (Lipinski definition) is 7. The van der Waals surface area contributed by atoms with Crippen LogP contribution in [0, 0.1) is 0 Å². The van der Waals surface area contributed by atoms with E-state index in [9.17, 15) is 9.59 Å². The van der Waals surface area contributed by atoms with Crippen molar-refractivity contribution in [2.75, 3.05) is 37.6 Å². The van der Waals surface area contributed by atoms with E-state index in [2.05, 4.69) is 25.3 Å². The molecule has 2 aromatic heterocycles. The lowest BCUT2D eigenvalue weighted by molar-refractivity contribution is -0.130. The Hall–Kier alpha value is -3.75. The summed E-state index contributed by atoms with van der Waals surface area (Å²) in [7, 11) is 0. The van der Waals surface area contributed by atoms with Crippen molar-refractivity contribution in [3.63, 3.8) is 0 Å². The molecule has 0 spiro atoms. The van der Waals surface area contributed by atoms with Gasteiger partial charge in [0, 0.05) is 49.4 Å². The van der Waals surface area contributed by atoms with E-state index in [0.717, 1.165) is 11.4 Å². The molecule has 1 aromatic carbocycles. The molecule has 32 heavy (non-hydrogen) atoms. The minimum absolute atomic E-state index is 0.0102. The molecule has 0 radical (unpaired) electrons. The van der Waals surface area contributed by atoms with Gasteiger partial charge in [0.05, 0.1) is 6.54 Å². The molecule has 0 unspecified atom stereocenters. The third kappa shape index (κ3) is 4.93. The molecule has 4 rings (SSSR count). The fourth-order valence-electron chi connectivity index (χ4n) is 3.44. The van der Waals surface area contributed by atoms with Gasteiger partial charge in [0.2, 0.25) is 17.6 Å². The van der Waals surface area contributed by atoms with Crippen molar-refractivity contribution in [1.29, 1.82) is 0 Å². The highest BCUT2D eigenvalue weighted by molar-refractivity contribution is 5.96. The maximum atomic E-state index is 12.5. The van der Waals surface area contributed by atoms with Crippen LogP contribution in [0.15, 0.2) is 53.2 Å². The van der Waals surface area contributed by atoms with E-state index < -0.39 is 0 Å². The Morgan fingerprint density at radius 3 is 2.44 bits per heavy atom. The molecule has 1 saturated heterocycles. The minimum Gasteiger partial charge on any atom is -0.353 e. The monoisotopic (exact) mass is 434 g/mol. The Labute approximate surface area is 186 Å². The third-order valence-electron chi connectivity index (χ3n) is 5.33. The summed E-state index contributed by atoms with van der Waals surface area (Å²) in [5.74, 6) is 1.81. The molecule has 0 atom stereocenters. The van der Waals surface area contributed by atoms with Gasteiger partial charge >= 0.3 is 0 Å². The number of pyridine rings is 1. The van der Waals surface area contributed by atoms with E-state index >= 15 is 0 Å². The van der Waals surface area contributed by atoms with Crippen LogP contribution in [0.5, 0.6) is 0 Å². The molecule has 1 N–H and O–H groups in total. The van der Waals surface area contributed by atoms with Crippen LogP contribution < -0.4 is 10.2 Å². The largest absolute Gasteiger partial charge is 0.353 e. The number of benzene rings is 1. The van der Waals surface area contributed by atoms with Crippen LogP contribution in [0.25, 0.3) is 11.4 Å². The van der Waals surface area contributed by atoms with Crippen LogP contribution in [0.1, 0.15) is 36.0 Å². The summed E-state index contributed by atoms with van der Waals surface area (Å²) in [4.78, 5) is 37.4. The topological polar surface area (TPSA) is 104 Å². The molecule has 0 saturated carbocycles. The smallest absolute Gasteiger partial charge is 0.251 e. The molecule has 3 heterocycles. The molecule has 9 nitrogen and oxygen atoms in total. The Morgan fingerprint density at radius 2 is 1.81 bits per heavy atom. The first-order chi connectivity index (χ1) is 15.5. The van der Waals surface area contributed by atoms with Gasteiger partial charge in [-0.2, -0.15) is 4.98 Å². The molecule has 2 amide bonds. The number of amides is 2. The third-order valence-corrected chi connectivity index (χ3v) is 5.33. The van der Waals surface area contributed by atoms with E-state index in [1.54, 1.807) is 35.4 Å². The lowest BCUT2D eigenvalue weighted by Crippen LogP contribution is -2.51. The van der Waals surface area contributed by atoms with Gasteiger partial charge in [0.25, 0.3) is 5.91 Å². The van der Waals surface area contributed by atoms with Crippen molar-refractivity contribution < 1.29 is 14.1 Å². The molecular formula is C23H26N6O3. The SMILES string of the molecule is CC(C)c1nc(-c2ccc(N3CCN(C(=O)CNC(=O)c4ccccc4)CC3)nc2)no1. The van der Waals surface area contributed by atoms with Gasteiger partial charge in [0.1, 0.15) is 5.82 Å². The van der Waals surface area contributed by atoms with Gasteiger partial charge in [-0.3, -0.25) is 9.59 Å². The average molecular weight is 435 g/mol. The lowest BCUT2D eigenvalue weighted by Gasteiger charge is -2.35. The summed E-state index contributed by atoms with van der Waals surface area (Å²) in [6.45, 7) is 6.48. The maximum absolute atomic E-state index is 12.5. The highest BCUT2D eigenvalue weighted by Gasteiger charge is 2.22. The number of carbonyl (C=O) groups excluding carboxylic acids is 2. The van der Waals surface area contributed by atoms with E-state index in [1.165, 1.54) is 0 Å². The van der Waals surface area contributed by atoms with E-state index in [0.29, 0.717) is 43.5 Å². The van der Waals surface area contributed by atoms with Crippen LogP contribution in [0.4, 0.5) is 5.82 Å². The average Bonchev–Trinajstić information content (AvgIpc) is 3.34. The lowest BCUT2D eigenvalue weighted by atomic mass is 10.2. The Kier molecular flexibility index (Phi) is 6.44. The first kappa shape index (κ1) is 21.5. The van der Waals surface area contributed by atoms with Crippen LogP contribution in [-0.2, 0) is 4.79 Å². The molecule has 1 aliphatic heterocycles. The van der Waals surface area contributed by atoms with Crippen LogP contribution >= 0.6 is 0 Å². The predicted octanol–water partition coefficient (Wildman–Crippen LogP) is 2.33. The second-order valence-corrected chi connectivity index (χ2v) is 7.93. The van der Waals surface area contributed by atoms with Gasteiger partial charge in [-0.15, -0.1) is 0 Å². The van der Waals surface area contributed by atoms with Crippen molar-refractivity contribution >= 4 is 17.6 Å². The second-order valence-electron chi connectivity index (χ2n) is 7.93. The molecule has 0 aliphatic carbocycles. The number of hydrogen-bond donors (Lipinski definition) is 1. The Bertz CT molecular complexity index is 1060. The zero-order valence-electron chi connectivity index (χ0n) is 18.2. The number of carbonyl (C=O) groups is 2. The van der Waals surface area contributed by atoms with Crippen molar-refractivity contribution in [3.8, 4) is 11.4 Å².